The Balaban J connectivity index is 0.00000325. The molecule has 0 aliphatic carbocycles. The number of hydrogen-bond donors (Lipinski definition) is 1. The van der Waals surface area contributed by atoms with Gasteiger partial charge in [0.15, 0.2) is 0 Å². The number of benzene rings is 5. The molecule has 0 aliphatic heterocycles. The van der Waals surface area contributed by atoms with Crippen molar-refractivity contribution in [1.82, 2.24) is 14.5 Å². The van der Waals surface area contributed by atoms with E-state index in [0.29, 0.717) is 17.1 Å². The summed E-state index contributed by atoms with van der Waals surface area (Å²) in [6, 6.07) is 46.0. The van der Waals surface area contributed by atoms with Crippen LogP contribution in [-0.2, 0) is 21.1 Å². The third-order valence-electron chi connectivity index (χ3n) is 7.99. The van der Waals surface area contributed by atoms with Gasteiger partial charge < -0.3 is 14.4 Å². The van der Waals surface area contributed by atoms with Crippen molar-refractivity contribution >= 4 is 32.7 Å². The van der Waals surface area contributed by atoms with Gasteiger partial charge in [-0.05, 0) is 71.0 Å². The minimum Gasteiger partial charge on any atom is -0.506 e. The van der Waals surface area contributed by atoms with Crippen LogP contribution in [0.1, 0.15) is 5.56 Å². The Morgan fingerprint density at radius 1 is 0.689 bits per heavy atom. The number of pyridine rings is 2. The predicted molar refractivity (Wildman–Crippen MR) is 177 cm³/mol. The second-order valence-corrected chi connectivity index (χ2v) is 10.9. The van der Waals surface area contributed by atoms with E-state index in [1.54, 1.807) is 6.07 Å². The molecule has 0 spiro atoms. The molecular weight excluding hydrogens is 738 g/mol. The zero-order valence-corrected chi connectivity index (χ0v) is 26.5. The van der Waals surface area contributed by atoms with Gasteiger partial charge in [-0.1, -0.05) is 84.4 Å². The van der Waals surface area contributed by atoms with E-state index in [1.165, 1.54) is 0 Å². The fourth-order valence-corrected chi connectivity index (χ4v) is 5.88. The quantitative estimate of drug-likeness (QED) is 0.178. The average Bonchev–Trinajstić information content (AvgIpc) is 3.40. The topological polar surface area (TPSA) is 60.2 Å². The molecular formula is C39H26N3O2Pt-. The van der Waals surface area contributed by atoms with Crippen molar-refractivity contribution in [3.63, 3.8) is 0 Å². The van der Waals surface area contributed by atoms with Gasteiger partial charge in [-0.15, -0.1) is 17.5 Å². The van der Waals surface area contributed by atoms with Crippen LogP contribution in [0, 0.1) is 13.0 Å². The maximum Gasteiger partial charge on any atom is 0.220 e. The molecule has 0 saturated carbocycles. The van der Waals surface area contributed by atoms with Crippen LogP contribution in [0.25, 0.3) is 60.8 Å². The van der Waals surface area contributed by atoms with Crippen LogP contribution in [0.4, 0.5) is 0 Å². The van der Waals surface area contributed by atoms with Gasteiger partial charge in [-0.2, -0.15) is 6.07 Å². The predicted octanol–water partition coefficient (Wildman–Crippen LogP) is 9.66. The van der Waals surface area contributed by atoms with Gasteiger partial charge in [0.25, 0.3) is 0 Å². The standard InChI is InChI=1S/C39H26N3O2.Pt/c1-25-20-30-21-29(27-12-6-3-7-13-27)22-36(43)38(30)41-39(25)44-31-16-17-33-32-14-8-9-15-34(32)42(35(33)24-31)37-23-28(18-19-40-37)26-10-4-2-5-11-26;/h2-23,43H,1H3;/q-1;. The first-order valence-corrected chi connectivity index (χ1v) is 14.5. The Morgan fingerprint density at radius 3 is 2.18 bits per heavy atom. The maximum absolute atomic E-state index is 10.9. The molecule has 0 saturated heterocycles. The normalized spacial score (nSPS) is 11.1. The van der Waals surface area contributed by atoms with Gasteiger partial charge in [0.05, 0.1) is 0 Å². The Kier molecular flexibility index (Phi) is 7.40. The molecule has 1 N–H and O–H groups in total. The molecule has 45 heavy (non-hydrogen) atoms. The van der Waals surface area contributed by atoms with E-state index in [4.69, 9.17) is 14.7 Å². The summed E-state index contributed by atoms with van der Waals surface area (Å²) in [6.07, 6.45) is 1.84. The van der Waals surface area contributed by atoms with E-state index in [0.717, 1.165) is 60.8 Å². The summed E-state index contributed by atoms with van der Waals surface area (Å²) >= 11 is 0. The number of rotatable bonds is 5. The summed E-state index contributed by atoms with van der Waals surface area (Å²) in [7, 11) is 0. The SMILES string of the molecule is Cc1cc2cc(-c3ccccc3)cc(O)c2nc1Oc1[c-]c2c(cc1)c1ccccc1n2-c1cc(-c2ccccc2)ccn1.[Pt]. The van der Waals surface area contributed by atoms with Gasteiger partial charge in [0.2, 0.25) is 5.88 Å². The molecule has 0 amide bonds. The smallest absolute Gasteiger partial charge is 0.220 e. The molecule has 0 radical (unpaired) electrons. The van der Waals surface area contributed by atoms with Crippen LogP contribution in [0.3, 0.4) is 0 Å². The number of fused-ring (bicyclic) bond motifs is 4. The number of phenols is 1. The van der Waals surface area contributed by atoms with Crippen LogP contribution in [0.2, 0.25) is 0 Å². The van der Waals surface area contributed by atoms with Crippen molar-refractivity contribution in [3.05, 3.63) is 145 Å². The van der Waals surface area contributed by atoms with Crippen LogP contribution < -0.4 is 4.74 Å². The second kappa shape index (κ2) is 11.7. The molecule has 0 aliphatic rings. The third-order valence-corrected chi connectivity index (χ3v) is 7.99. The van der Waals surface area contributed by atoms with E-state index >= 15 is 0 Å². The number of aromatic nitrogens is 3. The van der Waals surface area contributed by atoms with Crippen LogP contribution in [0.5, 0.6) is 17.4 Å². The molecule has 6 heteroatoms. The van der Waals surface area contributed by atoms with Gasteiger partial charge >= 0.3 is 0 Å². The fourth-order valence-electron chi connectivity index (χ4n) is 5.88. The van der Waals surface area contributed by atoms with E-state index in [-0.39, 0.29) is 26.8 Å². The zero-order chi connectivity index (χ0) is 29.6. The van der Waals surface area contributed by atoms with Crippen LogP contribution in [0.15, 0.2) is 134 Å². The molecule has 8 rings (SSSR count). The minimum atomic E-state index is 0. The molecule has 3 heterocycles. The van der Waals surface area contributed by atoms with E-state index < -0.39 is 0 Å². The second-order valence-electron chi connectivity index (χ2n) is 10.9. The molecule has 8 aromatic rings. The molecule has 3 aromatic heterocycles. The fraction of sp³-hybridized carbons (Fsp3) is 0.0256. The summed E-state index contributed by atoms with van der Waals surface area (Å²) in [4.78, 5) is 9.51. The van der Waals surface area contributed by atoms with Gasteiger partial charge in [-0.3, -0.25) is 0 Å². The minimum absolute atomic E-state index is 0. The Labute approximate surface area is 274 Å². The molecule has 0 unspecified atom stereocenters. The average molecular weight is 764 g/mol. The van der Waals surface area contributed by atoms with Crippen molar-refractivity contribution in [2.75, 3.05) is 0 Å². The Hall–Kier alpha value is -5.25. The first-order valence-electron chi connectivity index (χ1n) is 14.5. The summed E-state index contributed by atoms with van der Waals surface area (Å²) in [5, 5.41) is 14.0. The number of aromatic hydroxyl groups is 1. The van der Waals surface area contributed by atoms with E-state index in [1.807, 2.05) is 98.0 Å². The third kappa shape index (κ3) is 5.16. The molecule has 0 atom stereocenters. The molecule has 5 nitrogen and oxygen atoms in total. The van der Waals surface area contributed by atoms with Gasteiger partial charge in [0.1, 0.15) is 17.1 Å². The number of hydrogen-bond acceptors (Lipinski definition) is 4. The van der Waals surface area contributed by atoms with Crippen molar-refractivity contribution in [3.8, 4) is 45.5 Å². The van der Waals surface area contributed by atoms with Crippen molar-refractivity contribution in [2.24, 2.45) is 0 Å². The van der Waals surface area contributed by atoms with Crippen molar-refractivity contribution < 1.29 is 30.9 Å². The van der Waals surface area contributed by atoms with Crippen molar-refractivity contribution in [2.45, 2.75) is 6.92 Å². The van der Waals surface area contributed by atoms with E-state index in [9.17, 15) is 5.11 Å². The number of phenolic OH excluding ortho intramolecular Hbond substituents is 1. The monoisotopic (exact) mass is 763 g/mol. The number of aryl methyl sites for hydroxylation is 1. The number of ether oxygens (including phenoxy) is 1. The first-order chi connectivity index (χ1) is 21.6. The Morgan fingerprint density at radius 2 is 1.40 bits per heavy atom. The molecule has 0 bridgehead atoms. The van der Waals surface area contributed by atoms with Gasteiger partial charge in [-0.25, -0.2) is 9.97 Å². The number of nitrogens with zero attached hydrogens (tertiary/aromatic N) is 3. The van der Waals surface area contributed by atoms with E-state index in [2.05, 4.69) is 47.0 Å². The van der Waals surface area contributed by atoms with Crippen LogP contribution >= 0.6 is 0 Å². The summed E-state index contributed by atoms with van der Waals surface area (Å²) in [6.45, 7) is 1.96. The van der Waals surface area contributed by atoms with Gasteiger partial charge in [0, 0.05) is 49.5 Å². The van der Waals surface area contributed by atoms with Crippen LogP contribution in [-0.4, -0.2) is 19.6 Å². The largest absolute Gasteiger partial charge is 0.506 e. The summed E-state index contributed by atoms with van der Waals surface area (Å²) in [5.41, 5.74) is 7.41. The first kappa shape index (κ1) is 28.5. The molecule has 220 valence electrons. The zero-order valence-electron chi connectivity index (χ0n) is 24.2. The molecule has 5 aromatic carbocycles. The summed E-state index contributed by atoms with van der Waals surface area (Å²) in [5.74, 6) is 1.85. The van der Waals surface area contributed by atoms with Crippen molar-refractivity contribution in [1.29, 1.82) is 0 Å². The summed E-state index contributed by atoms with van der Waals surface area (Å²) < 4.78 is 8.49. The maximum atomic E-state index is 10.9. The number of para-hydroxylation sites is 1. The Bertz CT molecular complexity index is 2330. The molecule has 0 fully saturated rings.